The second kappa shape index (κ2) is 16.5. The minimum Gasteiger partial charge on any atom is -0.309 e. The van der Waals surface area contributed by atoms with Gasteiger partial charge in [0.1, 0.15) is 0 Å². The maximum absolute atomic E-state index is 5.50. The summed E-state index contributed by atoms with van der Waals surface area (Å²) < 4.78 is 4.82. The van der Waals surface area contributed by atoms with Crippen molar-refractivity contribution in [3.05, 3.63) is 237 Å². The van der Waals surface area contributed by atoms with Gasteiger partial charge in [-0.05, 0) is 82.4 Å². The molecule has 13 aromatic rings. The number of rotatable bonds is 8. The average molecular weight is 886 g/mol. The smallest absolute Gasteiger partial charge is 0.166 e. The Morgan fingerprint density at radius 3 is 1.49 bits per heavy atom. The predicted octanol–water partition coefficient (Wildman–Crippen LogP) is 16.4. The lowest BCUT2D eigenvalue weighted by Gasteiger charge is -2.15. The van der Waals surface area contributed by atoms with Gasteiger partial charge in [0.25, 0.3) is 0 Å². The van der Waals surface area contributed by atoms with Crippen LogP contribution < -0.4 is 0 Å². The van der Waals surface area contributed by atoms with Crippen LogP contribution in [-0.4, -0.2) is 24.5 Å². The first-order chi connectivity index (χ1) is 33.7. The Bertz CT molecular complexity index is 3880. The summed E-state index contributed by atoms with van der Waals surface area (Å²) in [7, 11) is 0. The quantitative estimate of drug-likeness (QED) is 0.153. The molecule has 0 unspecified atom stereocenters. The Kier molecular flexibility index (Phi) is 9.62. The molecule has 318 valence electrons. The SMILES string of the molecule is c1ccc(-c2cc(-c3ccccc3)cc(-c3cnc(-c4cccc5sc6c(ccc7c6c6ccccc6n7-c6ccccc6)c45)c(-c4nc(-c5ccccc5)nc(-c5ccccc5)n4)c3)c2)cc1. The van der Waals surface area contributed by atoms with Crippen LogP contribution in [-0.2, 0) is 0 Å². The molecular weight excluding hydrogens is 847 g/mol. The van der Waals surface area contributed by atoms with E-state index in [0.717, 1.165) is 72.4 Å². The Labute approximate surface area is 397 Å². The normalized spacial score (nSPS) is 11.5. The van der Waals surface area contributed by atoms with E-state index in [1.54, 1.807) is 0 Å². The lowest BCUT2D eigenvalue weighted by molar-refractivity contribution is 1.07. The molecule has 0 fully saturated rings. The van der Waals surface area contributed by atoms with E-state index in [9.17, 15) is 0 Å². The summed E-state index contributed by atoms with van der Waals surface area (Å²) in [6.45, 7) is 0. The molecule has 0 aliphatic rings. The minimum absolute atomic E-state index is 0.550. The van der Waals surface area contributed by atoms with Crippen molar-refractivity contribution in [2.24, 2.45) is 0 Å². The maximum atomic E-state index is 5.50. The molecular formula is C62H39N5S. The number of hydrogen-bond donors (Lipinski definition) is 0. The third-order valence-corrected chi connectivity index (χ3v) is 14.1. The molecule has 0 amide bonds. The van der Waals surface area contributed by atoms with Crippen molar-refractivity contribution in [2.75, 3.05) is 0 Å². The topological polar surface area (TPSA) is 56.5 Å². The Morgan fingerprint density at radius 2 is 0.868 bits per heavy atom. The molecule has 0 atom stereocenters. The third-order valence-electron chi connectivity index (χ3n) is 12.9. The molecule has 13 rings (SSSR count). The van der Waals surface area contributed by atoms with Crippen LogP contribution in [0.2, 0.25) is 0 Å². The van der Waals surface area contributed by atoms with E-state index in [1.165, 1.54) is 36.6 Å². The highest BCUT2D eigenvalue weighted by atomic mass is 32.1. The van der Waals surface area contributed by atoms with E-state index in [2.05, 4.69) is 199 Å². The summed E-state index contributed by atoms with van der Waals surface area (Å²) in [5.41, 5.74) is 14.5. The standard InChI is InChI=1S/C62H39N5S/c1-6-19-40(20-7-1)44-35-45(41-21-8-2-9-22-41)37-46(36-44)47-38-52(62-65-60(42-23-10-3-11-24-42)64-61(66-62)43-25-12-4-13-26-43)58(63-39-47)50-30-18-32-55-56(50)51-33-34-54-57(59(51)68-55)49-29-16-17-31-53(49)67(54)48-27-14-5-15-28-48/h1-39H. The lowest BCUT2D eigenvalue weighted by atomic mass is 9.92. The van der Waals surface area contributed by atoms with Crippen molar-refractivity contribution >= 4 is 53.3 Å². The van der Waals surface area contributed by atoms with Gasteiger partial charge in [0, 0.05) is 70.6 Å². The molecule has 9 aromatic carbocycles. The van der Waals surface area contributed by atoms with Crippen molar-refractivity contribution in [1.82, 2.24) is 24.5 Å². The number of aromatic nitrogens is 5. The molecule has 6 heteroatoms. The van der Waals surface area contributed by atoms with Gasteiger partial charge < -0.3 is 4.57 Å². The molecule has 0 N–H and O–H groups in total. The van der Waals surface area contributed by atoms with Crippen LogP contribution in [0.3, 0.4) is 0 Å². The highest BCUT2D eigenvalue weighted by Crippen LogP contribution is 2.47. The van der Waals surface area contributed by atoms with Gasteiger partial charge in [-0.1, -0.05) is 176 Å². The van der Waals surface area contributed by atoms with Gasteiger partial charge in [-0.3, -0.25) is 4.98 Å². The summed E-state index contributed by atoms with van der Waals surface area (Å²) >= 11 is 1.84. The molecule has 0 aliphatic heterocycles. The zero-order valence-electron chi connectivity index (χ0n) is 36.7. The van der Waals surface area contributed by atoms with Gasteiger partial charge in [-0.2, -0.15) is 0 Å². The van der Waals surface area contributed by atoms with Crippen LogP contribution in [0.15, 0.2) is 237 Å². The average Bonchev–Trinajstić information content (AvgIpc) is 3.98. The van der Waals surface area contributed by atoms with Crippen LogP contribution in [0, 0.1) is 0 Å². The van der Waals surface area contributed by atoms with Gasteiger partial charge in [0.2, 0.25) is 0 Å². The van der Waals surface area contributed by atoms with Gasteiger partial charge >= 0.3 is 0 Å². The van der Waals surface area contributed by atoms with Crippen molar-refractivity contribution in [3.63, 3.8) is 0 Å². The fourth-order valence-corrected chi connectivity index (χ4v) is 11.0. The minimum atomic E-state index is 0.550. The molecule has 0 saturated carbocycles. The van der Waals surface area contributed by atoms with E-state index < -0.39 is 0 Å². The number of para-hydroxylation sites is 2. The van der Waals surface area contributed by atoms with Crippen molar-refractivity contribution in [3.8, 4) is 84.5 Å². The Balaban J connectivity index is 1.09. The van der Waals surface area contributed by atoms with Crippen molar-refractivity contribution < 1.29 is 0 Å². The zero-order valence-corrected chi connectivity index (χ0v) is 37.5. The first-order valence-electron chi connectivity index (χ1n) is 22.8. The fourth-order valence-electron chi connectivity index (χ4n) is 9.71. The summed E-state index contributed by atoms with van der Waals surface area (Å²) in [4.78, 5) is 21.2. The fraction of sp³-hybridized carbons (Fsp3) is 0. The number of fused-ring (bicyclic) bond motifs is 7. The van der Waals surface area contributed by atoms with Gasteiger partial charge in [-0.25, -0.2) is 15.0 Å². The molecule has 4 heterocycles. The van der Waals surface area contributed by atoms with Gasteiger partial charge in [-0.15, -0.1) is 11.3 Å². The molecule has 0 bridgehead atoms. The zero-order chi connectivity index (χ0) is 45.0. The summed E-state index contributed by atoms with van der Waals surface area (Å²) in [5.74, 6) is 1.74. The summed E-state index contributed by atoms with van der Waals surface area (Å²) in [6.07, 6.45) is 2.02. The molecule has 0 spiro atoms. The van der Waals surface area contributed by atoms with Crippen LogP contribution >= 0.6 is 11.3 Å². The highest BCUT2D eigenvalue weighted by molar-refractivity contribution is 7.27. The molecule has 68 heavy (non-hydrogen) atoms. The second-order valence-electron chi connectivity index (χ2n) is 17.0. The Morgan fingerprint density at radius 1 is 0.338 bits per heavy atom. The number of pyridine rings is 1. The monoisotopic (exact) mass is 885 g/mol. The van der Waals surface area contributed by atoms with Gasteiger partial charge in [0.05, 0.1) is 16.7 Å². The predicted molar refractivity (Wildman–Crippen MR) is 283 cm³/mol. The van der Waals surface area contributed by atoms with Gasteiger partial charge in [0.15, 0.2) is 17.5 Å². The number of nitrogens with zero attached hydrogens (tertiary/aromatic N) is 5. The lowest BCUT2D eigenvalue weighted by Crippen LogP contribution is -2.02. The first-order valence-corrected chi connectivity index (χ1v) is 23.6. The van der Waals surface area contributed by atoms with E-state index in [-0.39, 0.29) is 0 Å². The van der Waals surface area contributed by atoms with E-state index in [0.29, 0.717) is 17.5 Å². The van der Waals surface area contributed by atoms with E-state index >= 15 is 0 Å². The maximum Gasteiger partial charge on any atom is 0.166 e. The number of thiophene rings is 1. The second-order valence-corrected chi connectivity index (χ2v) is 18.0. The molecule has 0 aliphatic carbocycles. The first kappa shape index (κ1) is 39.5. The number of hydrogen-bond acceptors (Lipinski definition) is 5. The Hall–Kier alpha value is -8.84. The number of benzene rings is 9. The van der Waals surface area contributed by atoms with Crippen LogP contribution in [0.4, 0.5) is 0 Å². The van der Waals surface area contributed by atoms with E-state index in [1.807, 2.05) is 53.9 Å². The molecule has 5 nitrogen and oxygen atoms in total. The van der Waals surface area contributed by atoms with E-state index in [4.69, 9.17) is 19.9 Å². The van der Waals surface area contributed by atoms with Crippen molar-refractivity contribution in [1.29, 1.82) is 0 Å². The van der Waals surface area contributed by atoms with Crippen LogP contribution in [0.25, 0.3) is 126 Å². The largest absolute Gasteiger partial charge is 0.309 e. The highest BCUT2D eigenvalue weighted by Gasteiger charge is 2.23. The summed E-state index contributed by atoms with van der Waals surface area (Å²) in [6, 6.07) is 81.2. The van der Waals surface area contributed by atoms with Crippen LogP contribution in [0.5, 0.6) is 0 Å². The molecule has 4 aromatic heterocycles. The molecule has 0 saturated heterocycles. The van der Waals surface area contributed by atoms with Crippen LogP contribution in [0.1, 0.15) is 0 Å². The summed E-state index contributed by atoms with van der Waals surface area (Å²) in [5, 5.41) is 4.83. The third kappa shape index (κ3) is 6.86. The molecule has 0 radical (unpaired) electrons. The van der Waals surface area contributed by atoms with Crippen molar-refractivity contribution in [2.45, 2.75) is 0 Å².